The van der Waals surface area contributed by atoms with Gasteiger partial charge in [0.15, 0.2) is 5.76 Å². The summed E-state index contributed by atoms with van der Waals surface area (Å²) in [6, 6.07) is 16.5. The van der Waals surface area contributed by atoms with Gasteiger partial charge in [-0.15, -0.1) is 0 Å². The maximum atomic E-state index is 13.6. The molecule has 0 radical (unpaired) electrons. The van der Waals surface area contributed by atoms with Crippen LogP contribution in [0.15, 0.2) is 71.3 Å². The van der Waals surface area contributed by atoms with E-state index < -0.39 is 16.3 Å². The molecule has 2 aliphatic heterocycles. The zero-order chi connectivity index (χ0) is 30.2. The number of carbonyl (C=O) groups is 1. The normalized spacial score (nSPS) is 21.7. The zero-order valence-corrected chi connectivity index (χ0v) is 25.7. The number of methoxy groups -OCH3 is 1. The predicted molar refractivity (Wildman–Crippen MR) is 161 cm³/mol. The van der Waals surface area contributed by atoms with Crippen LogP contribution in [0.25, 0.3) is 0 Å². The minimum atomic E-state index is -3.85. The first-order valence-corrected chi connectivity index (χ1v) is 16.6. The van der Waals surface area contributed by atoms with Crippen molar-refractivity contribution in [2.45, 2.75) is 43.4 Å². The largest absolute Gasteiger partial charge is 0.497 e. The van der Waals surface area contributed by atoms with Gasteiger partial charge in [0, 0.05) is 52.2 Å². The Morgan fingerprint density at radius 3 is 2.37 bits per heavy atom. The van der Waals surface area contributed by atoms with E-state index in [1.807, 2.05) is 29.2 Å². The molecular formula is C32H43N3O7S. The molecule has 2 aromatic carbocycles. The van der Waals surface area contributed by atoms with Crippen LogP contribution in [-0.2, 0) is 30.8 Å². The van der Waals surface area contributed by atoms with Gasteiger partial charge in [0.2, 0.25) is 16.3 Å². The van der Waals surface area contributed by atoms with Crippen LogP contribution in [0, 0.1) is 11.8 Å². The number of nitrogens with zero attached hydrogens (tertiary/aromatic N) is 3. The smallest absolute Gasteiger partial charge is 0.288 e. The standard InChI is InChI=1S/C32H43N3O7S/c1-40-28-10-12-29(13-11-28)43(38,39)35(18-20-36)19-21-41-31-23-27(26-8-5-9-26)22-30(42-31)32(37)34-16-14-33(15-17-34)24-25-6-3-2-4-7-25/h2-4,6-7,10-13,22,26-27,31,36H,5,8-9,14-21,23-24H2,1H3/t27-,31+/m0/s1. The van der Waals surface area contributed by atoms with Crippen LogP contribution in [0.3, 0.4) is 0 Å². The average molecular weight is 614 g/mol. The lowest BCUT2D eigenvalue weighted by molar-refractivity contribution is -0.158. The molecule has 2 fully saturated rings. The predicted octanol–water partition coefficient (Wildman–Crippen LogP) is 3.09. The number of hydrogen-bond donors (Lipinski definition) is 1. The van der Waals surface area contributed by atoms with Crippen LogP contribution < -0.4 is 4.74 Å². The Balaban J connectivity index is 1.18. The maximum Gasteiger partial charge on any atom is 0.288 e. The highest BCUT2D eigenvalue weighted by molar-refractivity contribution is 7.89. The lowest BCUT2D eigenvalue weighted by atomic mass is 9.73. The summed E-state index contributed by atoms with van der Waals surface area (Å²) in [4.78, 5) is 17.9. The van der Waals surface area contributed by atoms with E-state index in [9.17, 15) is 18.3 Å². The van der Waals surface area contributed by atoms with Gasteiger partial charge in [0.1, 0.15) is 5.75 Å². The van der Waals surface area contributed by atoms with Crippen LogP contribution in [0.1, 0.15) is 31.2 Å². The summed E-state index contributed by atoms with van der Waals surface area (Å²) >= 11 is 0. The fraction of sp³-hybridized carbons (Fsp3) is 0.531. The van der Waals surface area contributed by atoms with Crippen molar-refractivity contribution >= 4 is 15.9 Å². The quantitative estimate of drug-likeness (QED) is 0.367. The van der Waals surface area contributed by atoms with Crippen LogP contribution >= 0.6 is 0 Å². The highest BCUT2D eigenvalue weighted by Gasteiger charge is 2.36. The Hall–Kier alpha value is -2.96. The lowest BCUT2D eigenvalue weighted by Crippen LogP contribution is -2.49. The monoisotopic (exact) mass is 613 g/mol. The van der Waals surface area contributed by atoms with E-state index in [1.165, 1.54) is 35.5 Å². The van der Waals surface area contributed by atoms with Gasteiger partial charge in [0.25, 0.3) is 5.91 Å². The van der Waals surface area contributed by atoms with Crippen molar-refractivity contribution < 1.29 is 32.5 Å². The van der Waals surface area contributed by atoms with E-state index in [0.717, 1.165) is 32.5 Å². The minimum absolute atomic E-state index is 0.0409. The second-order valence-corrected chi connectivity index (χ2v) is 13.3. The molecule has 10 nitrogen and oxygen atoms in total. The van der Waals surface area contributed by atoms with E-state index in [2.05, 4.69) is 17.0 Å². The number of carbonyl (C=O) groups excluding carboxylic acids is 1. The molecular weight excluding hydrogens is 570 g/mol. The lowest BCUT2D eigenvalue weighted by Gasteiger charge is -2.39. The summed E-state index contributed by atoms with van der Waals surface area (Å²) in [5.41, 5.74) is 1.26. The Labute approximate surface area is 254 Å². The van der Waals surface area contributed by atoms with Crippen molar-refractivity contribution in [2.24, 2.45) is 11.8 Å². The second kappa shape index (κ2) is 14.7. The molecule has 0 bridgehead atoms. The number of allylic oxidation sites excluding steroid dienone is 1. The van der Waals surface area contributed by atoms with E-state index in [0.29, 0.717) is 36.9 Å². The fourth-order valence-corrected chi connectivity index (χ4v) is 7.30. The number of sulfonamides is 1. The topological polar surface area (TPSA) is 109 Å². The van der Waals surface area contributed by atoms with E-state index in [4.69, 9.17) is 14.2 Å². The van der Waals surface area contributed by atoms with Crippen molar-refractivity contribution in [1.82, 2.24) is 14.1 Å². The molecule has 1 saturated heterocycles. The van der Waals surface area contributed by atoms with Crippen molar-refractivity contribution in [2.75, 3.05) is 59.6 Å². The third-order valence-corrected chi connectivity index (χ3v) is 10.6. The molecule has 0 aromatic heterocycles. The summed E-state index contributed by atoms with van der Waals surface area (Å²) in [6.45, 7) is 3.44. The Bertz CT molecular complexity index is 1320. The van der Waals surface area contributed by atoms with Crippen LogP contribution in [0.4, 0.5) is 0 Å². The molecule has 2 aromatic rings. The number of amides is 1. The number of aliphatic hydroxyl groups is 1. The molecule has 0 spiro atoms. The Morgan fingerprint density at radius 2 is 1.74 bits per heavy atom. The van der Waals surface area contributed by atoms with E-state index in [1.54, 1.807) is 12.1 Å². The fourth-order valence-electron chi connectivity index (χ4n) is 5.89. The molecule has 0 unspecified atom stereocenters. The molecule has 2 heterocycles. The van der Waals surface area contributed by atoms with Crippen molar-refractivity contribution in [3.05, 3.63) is 72.0 Å². The third kappa shape index (κ3) is 7.96. The number of aliphatic hydroxyl groups excluding tert-OH is 1. The van der Waals surface area contributed by atoms with E-state index >= 15 is 0 Å². The number of rotatable bonds is 13. The molecule has 234 valence electrons. The highest BCUT2D eigenvalue weighted by atomic mass is 32.2. The number of ether oxygens (including phenoxy) is 3. The van der Waals surface area contributed by atoms with Crippen molar-refractivity contribution in [3.8, 4) is 5.75 Å². The maximum absolute atomic E-state index is 13.6. The highest BCUT2D eigenvalue weighted by Crippen LogP contribution is 2.40. The first-order chi connectivity index (χ1) is 20.9. The first-order valence-electron chi connectivity index (χ1n) is 15.2. The van der Waals surface area contributed by atoms with Crippen LogP contribution in [0.2, 0.25) is 0 Å². The molecule has 5 rings (SSSR count). The average Bonchev–Trinajstić information content (AvgIpc) is 3.00. The molecule has 1 amide bonds. The van der Waals surface area contributed by atoms with Gasteiger partial charge in [-0.05, 0) is 60.6 Å². The zero-order valence-electron chi connectivity index (χ0n) is 24.8. The van der Waals surface area contributed by atoms with Crippen LogP contribution in [-0.4, -0.2) is 99.4 Å². The molecule has 1 saturated carbocycles. The third-order valence-electron chi connectivity index (χ3n) is 8.65. The van der Waals surface area contributed by atoms with Gasteiger partial charge in [-0.1, -0.05) is 36.8 Å². The summed E-state index contributed by atoms with van der Waals surface area (Å²) in [7, 11) is -2.34. The molecule has 43 heavy (non-hydrogen) atoms. The van der Waals surface area contributed by atoms with Gasteiger partial charge in [-0.3, -0.25) is 9.69 Å². The molecule has 3 aliphatic rings. The van der Waals surface area contributed by atoms with Gasteiger partial charge >= 0.3 is 0 Å². The van der Waals surface area contributed by atoms with Gasteiger partial charge in [0.05, 0.1) is 25.2 Å². The van der Waals surface area contributed by atoms with Gasteiger partial charge in [-0.25, -0.2) is 8.42 Å². The molecule has 1 N–H and O–H groups in total. The second-order valence-electron chi connectivity index (χ2n) is 11.4. The Morgan fingerprint density at radius 1 is 1.02 bits per heavy atom. The van der Waals surface area contributed by atoms with Crippen LogP contribution in [0.5, 0.6) is 5.75 Å². The van der Waals surface area contributed by atoms with Crippen molar-refractivity contribution in [3.63, 3.8) is 0 Å². The first kappa shape index (κ1) is 31.5. The van der Waals surface area contributed by atoms with Crippen molar-refractivity contribution in [1.29, 1.82) is 0 Å². The SMILES string of the molecule is COc1ccc(S(=O)(=O)N(CCO)CCO[C@H]2C[C@@H](C3CCC3)C=C(C(=O)N3CCN(Cc4ccccc4)CC3)O2)cc1. The minimum Gasteiger partial charge on any atom is -0.497 e. The summed E-state index contributed by atoms with van der Waals surface area (Å²) < 4.78 is 45.0. The number of benzene rings is 2. The van der Waals surface area contributed by atoms with Gasteiger partial charge in [-0.2, -0.15) is 4.31 Å². The molecule has 1 aliphatic carbocycles. The van der Waals surface area contributed by atoms with E-state index in [-0.39, 0.29) is 43.0 Å². The number of hydrogen-bond acceptors (Lipinski definition) is 8. The summed E-state index contributed by atoms with van der Waals surface area (Å²) in [6.07, 6.45) is 5.41. The summed E-state index contributed by atoms with van der Waals surface area (Å²) in [5.74, 6) is 1.46. The van der Waals surface area contributed by atoms with Gasteiger partial charge < -0.3 is 24.2 Å². The number of piperazine rings is 1. The molecule has 11 heteroatoms. The summed E-state index contributed by atoms with van der Waals surface area (Å²) in [5, 5.41) is 9.57. The molecule has 2 atom stereocenters. The Kier molecular flexibility index (Phi) is 10.7.